The number of carbonyl (C=O) groups is 1. The van der Waals surface area contributed by atoms with Gasteiger partial charge in [-0.05, 0) is 43.4 Å². The number of nitrogens with one attached hydrogen (secondary N) is 1. The third kappa shape index (κ3) is 4.85. The lowest BCUT2D eigenvalue weighted by Crippen LogP contribution is -2.27. The Bertz CT molecular complexity index is 427. The lowest BCUT2D eigenvalue weighted by molar-refractivity contribution is -0.122. The average Bonchev–Trinajstić information content (AvgIpc) is 2.47. The van der Waals surface area contributed by atoms with E-state index >= 15 is 0 Å². The van der Waals surface area contributed by atoms with Crippen molar-refractivity contribution in [1.29, 1.82) is 0 Å². The van der Waals surface area contributed by atoms with Gasteiger partial charge in [0, 0.05) is 26.2 Å². The van der Waals surface area contributed by atoms with Crippen molar-refractivity contribution in [3.05, 3.63) is 29.8 Å². The predicted octanol–water partition coefficient (Wildman–Crippen LogP) is 2.52. The van der Waals surface area contributed by atoms with Crippen molar-refractivity contribution >= 4 is 5.91 Å². The molecule has 2 rings (SSSR count). The van der Waals surface area contributed by atoms with E-state index in [1.807, 2.05) is 31.2 Å². The molecule has 0 aromatic heterocycles. The predicted molar refractivity (Wildman–Crippen MR) is 77.6 cm³/mol. The Morgan fingerprint density at radius 2 is 2.20 bits per heavy atom. The van der Waals surface area contributed by atoms with E-state index in [1.54, 1.807) is 0 Å². The molecule has 4 nitrogen and oxygen atoms in total. The summed E-state index contributed by atoms with van der Waals surface area (Å²) < 4.78 is 10.7. The van der Waals surface area contributed by atoms with Crippen LogP contribution in [0, 0.1) is 5.92 Å². The number of hydrogen-bond donors (Lipinski definition) is 1. The van der Waals surface area contributed by atoms with Gasteiger partial charge < -0.3 is 14.8 Å². The number of amides is 1. The van der Waals surface area contributed by atoms with Crippen LogP contribution in [0.4, 0.5) is 0 Å². The molecule has 0 bridgehead atoms. The molecule has 1 heterocycles. The number of rotatable bonds is 6. The highest BCUT2D eigenvalue weighted by Gasteiger charge is 2.17. The van der Waals surface area contributed by atoms with E-state index in [0.29, 0.717) is 25.5 Å². The van der Waals surface area contributed by atoms with Crippen LogP contribution < -0.4 is 10.1 Å². The van der Waals surface area contributed by atoms with Crippen LogP contribution in [-0.2, 0) is 16.1 Å². The molecule has 0 unspecified atom stereocenters. The van der Waals surface area contributed by atoms with Crippen LogP contribution in [0.25, 0.3) is 0 Å². The van der Waals surface area contributed by atoms with Gasteiger partial charge in [0.1, 0.15) is 5.75 Å². The minimum Gasteiger partial charge on any atom is -0.494 e. The zero-order chi connectivity index (χ0) is 14.2. The third-order valence-corrected chi connectivity index (χ3v) is 3.51. The highest BCUT2D eigenvalue weighted by Crippen LogP contribution is 2.18. The summed E-state index contributed by atoms with van der Waals surface area (Å²) in [6.07, 6.45) is 2.59. The molecule has 0 atom stereocenters. The fraction of sp³-hybridized carbons (Fsp3) is 0.562. The SMILES string of the molecule is CCOc1cccc(CNC(=O)CC2CCOCC2)c1. The van der Waals surface area contributed by atoms with E-state index in [2.05, 4.69) is 5.32 Å². The van der Waals surface area contributed by atoms with E-state index in [1.165, 1.54) is 0 Å². The van der Waals surface area contributed by atoms with E-state index in [4.69, 9.17) is 9.47 Å². The van der Waals surface area contributed by atoms with Gasteiger partial charge in [0.2, 0.25) is 5.91 Å². The summed E-state index contributed by atoms with van der Waals surface area (Å²) in [7, 11) is 0. The molecule has 4 heteroatoms. The van der Waals surface area contributed by atoms with Gasteiger partial charge in [0.25, 0.3) is 0 Å². The second-order valence-electron chi connectivity index (χ2n) is 5.12. The molecule has 1 aliphatic rings. The molecule has 0 saturated carbocycles. The number of hydrogen-bond acceptors (Lipinski definition) is 3. The van der Waals surface area contributed by atoms with Crippen molar-refractivity contribution in [2.24, 2.45) is 5.92 Å². The molecule has 1 saturated heterocycles. The van der Waals surface area contributed by atoms with Crippen molar-refractivity contribution in [3.63, 3.8) is 0 Å². The van der Waals surface area contributed by atoms with Crippen molar-refractivity contribution in [2.75, 3.05) is 19.8 Å². The highest BCUT2D eigenvalue weighted by molar-refractivity contribution is 5.76. The van der Waals surface area contributed by atoms with Gasteiger partial charge in [-0.2, -0.15) is 0 Å². The molecular weight excluding hydrogens is 254 g/mol. The van der Waals surface area contributed by atoms with E-state index in [-0.39, 0.29) is 5.91 Å². The van der Waals surface area contributed by atoms with Crippen LogP contribution in [0.1, 0.15) is 31.7 Å². The van der Waals surface area contributed by atoms with Gasteiger partial charge in [0.05, 0.1) is 6.61 Å². The summed E-state index contributed by atoms with van der Waals surface area (Å²) in [5.74, 6) is 1.45. The van der Waals surface area contributed by atoms with Crippen molar-refractivity contribution < 1.29 is 14.3 Å². The molecule has 110 valence electrons. The van der Waals surface area contributed by atoms with Gasteiger partial charge >= 0.3 is 0 Å². The maximum atomic E-state index is 11.9. The number of benzene rings is 1. The molecule has 0 aliphatic carbocycles. The molecule has 20 heavy (non-hydrogen) atoms. The second-order valence-corrected chi connectivity index (χ2v) is 5.12. The van der Waals surface area contributed by atoms with Crippen LogP contribution in [-0.4, -0.2) is 25.7 Å². The second kappa shape index (κ2) is 7.90. The van der Waals surface area contributed by atoms with Gasteiger partial charge in [-0.3, -0.25) is 4.79 Å². The average molecular weight is 277 g/mol. The number of ether oxygens (including phenoxy) is 2. The largest absolute Gasteiger partial charge is 0.494 e. The van der Waals surface area contributed by atoms with E-state index in [0.717, 1.165) is 37.4 Å². The van der Waals surface area contributed by atoms with Gasteiger partial charge in [-0.15, -0.1) is 0 Å². The maximum absolute atomic E-state index is 11.9. The molecule has 1 aromatic carbocycles. The first-order valence-corrected chi connectivity index (χ1v) is 7.34. The Balaban J connectivity index is 1.76. The Kier molecular flexibility index (Phi) is 5.87. The van der Waals surface area contributed by atoms with Crippen LogP contribution in [0.3, 0.4) is 0 Å². The van der Waals surface area contributed by atoms with Crippen molar-refractivity contribution in [2.45, 2.75) is 32.7 Å². The van der Waals surface area contributed by atoms with E-state index < -0.39 is 0 Å². The van der Waals surface area contributed by atoms with Gasteiger partial charge in [-0.1, -0.05) is 12.1 Å². The Hall–Kier alpha value is -1.55. The molecule has 0 radical (unpaired) electrons. The Morgan fingerprint density at radius 3 is 2.95 bits per heavy atom. The molecule has 1 fully saturated rings. The third-order valence-electron chi connectivity index (χ3n) is 3.51. The fourth-order valence-corrected chi connectivity index (χ4v) is 2.40. The highest BCUT2D eigenvalue weighted by atomic mass is 16.5. The molecule has 1 amide bonds. The number of carbonyl (C=O) groups excluding carboxylic acids is 1. The normalized spacial score (nSPS) is 15.8. The van der Waals surface area contributed by atoms with Gasteiger partial charge in [-0.25, -0.2) is 0 Å². The first-order valence-electron chi connectivity index (χ1n) is 7.34. The first-order chi connectivity index (χ1) is 9.78. The maximum Gasteiger partial charge on any atom is 0.220 e. The summed E-state index contributed by atoms with van der Waals surface area (Å²) in [6.45, 7) is 4.74. The first kappa shape index (κ1) is 14.9. The lowest BCUT2D eigenvalue weighted by atomic mass is 9.96. The molecular formula is C16H23NO3. The van der Waals surface area contributed by atoms with Crippen LogP contribution in [0.2, 0.25) is 0 Å². The molecule has 1 N–H and O–H groups in total. The van der Waals surface area contributed by atoms with E-state index in [9.17, 15) is 4.79 Å². The zero-order valence-electron chi connectivity index (χ0n) is 12.1. The van der Waals surface area contributed by atoms with Gasteiger partial charge in [0.15, 0.2) is 0 Å². The minimum atomic E-state index is 0.124. The standard InChI is InChI=1S/C16H23NO3/c1-2-20-15-5-3-4-14(10-15)12-17-16(18)11-13-6-8-19-9-7-13/h3-5,10,13H,2,6-9,11-12H2,1H3,(H,17,18). The summed E-state index contributed by atoms with van der Waals surface area (Å²) in [4.78, 5) is 11.9. The molecule has 1 aromatic rings. The van der Waals surface area contributed by atoms with Crippen LogP contribution >= 0.6 is 0 Å². The Morgan fingerprint density at radius 1 is 1.40 bits per heavy atom. The smallest absolute Gasteiger partial charge is 0.220 e. The van der Waals surface area contributed by atoms with Crippen molar-refractivity contribution in [3.8, 4) is 5.75 Å². The fourth-order valence-electron chi connectivity index (χ4n) is 2.40. The molecule has 0 spiro atoms. The van der Waals surface area contributed by atoms with Crippen LogP contribution in [0.5, 0.6) is 5.75 Å². The summed E-state index contributed by atoms with van der Waals surface area (Å²) in [5.41, 5.74) is 1.07. The quantitative estimate of drug-likeness (QED) is 0.869. The van der Waals surface area contributed by atoms with Crippen LogP contribution in [0.15, 0.2) is 24.3 Å². The summed E-state index contributed by atoms with van der Waals surface area (Å²) >= 11 is 0. The minimum absolute atomic E-state index is 0.124. The van der Waals surface area contributed by atoms with Crippen molar-refractivity contribution in [1.82, 2.24) is 5.32 Å². The monoisotopic (exact) mass is 277 g/mol. The summed E-state index contributed by atoms with van der Waals surface area (Å²) in [5, 5.41) is 2.98. The Labute approximate surface area is 120 Å². The topological polar surface area (TPSA) is 47.6 Å². The zero-order valence-corrected chi connectivity index (χ0v) is 12.1. The molecule has 1 aliphatic heterocycles. The lowest BCUT2D eigenvalue weighted by Gasteiger charge is -2.21. The summed E-state index contributed by atoms with van der Waals surface area (Å²) in [6, 6.07) is 7.84.